The van der Waals surface area contributed by atoms with Gasteiger partial charge in [0.25, 0.3) is 0 Å². The number of halogens is 2. The first kappa shape index (κ1) is 15.6. The normalized spacial score (nSPS) is 11.8. The Morgan fingerprint density at radius 1 is 1.24 bits per heavy atom. The molecule has 0 bridgehead atoms. The van der Waals surface area contributed by atoms with Crippen molar-refractivity contribution in [1.29, 1.82) is 0 Å². The highest BCUT2D eigenvalue weighted by Gasteiger charge is 2.24. The van der Waals surface area contributed by atoms with E-state index in [2.05, 4.69) is 26.5 Å². The van der Waals surface area contributed by atoms with Crippen LogP contribution in [0.2, 0.25) is 10.0 Å². The number of thiol groups is 1. The molecule has 0 radical (unpaired) electrons. The summed E-state index contributed by atoms with van der Waals surface area (Å²) in [7, 11) is 0. The van der Waals surface area contributed by atoms with Crippen LogP contribution in [0.4, 0.5) is 0 Å². The fourth-order valence-corrected chi connectivity index (χ4v) is 4.16. The number of benzene rings is 1. The Labute approximate surface area is 124 Å². The van der Waals surface area contributed by atoms with Gasteiger partial charge in [0.2, 0.25) is 0 Å². The van der Waals surface area contributed by atoms with Crippen molar-refractivity contribution in [2.45, 2.75) is 31.6 Å². The maximum atomic E-state index is 6.16. The monoisotopic (exact) mass is 308 g/mol. The van der Waals surface area contributed by atoms with Gasteiger partial charge in [-0.15, -0.1) is 11.8 Å². The van der Waals surface area contributed by atoms with Crippen molar-refractivity contribution in [3.8, 4) is 0 Å². The summed E-state index contributed by atoms with van der Waals surface area (Å²) in [6.07, 6.45) is 2.27. The molecule has 96 valence electrons. The van der Waals surface area contributed by atoms with E-state index < -0.39 is 0 Å². The molecule has 17 heavy (non-hydrogen) atoms. The minimum Gasteiger partial charge on any atom is -0.179 e. The lowest BCUT2D eigenvalue weighted by atomic mass is 9.87. The molecule has 0 fully saturated rings. The molecule has 1 rings (SSSR count). The molecule has 1 aromatic rings. The lowest BCUT2D eigenvalue weighted by Gasteiger charge is -2.29. The van der Waals surface area contributed by atoms with Crippen LogP contribution in [-0.4, -0.2) is 11.5 Å². The summed E-state index contributed by atoms with van der Waals surface area (Å²) in [6, 6.07) is 5.61. The van der Waals surface area contributed by atoms with Crippen molar-refractivity contribution in [1.82, 2.24) is 0 Å². The highest BCUT2D eigenvalue weighted by Crippen LogP contribution is 2.38. The Kier molecular flexibility index (Phi) is 6.57. The van der Waals surface area contributed by atoms with Crippen molar-refractivity contribution in [3.05, 3.63) is 28.2 Å². The van der Waals surface area contributed by atoms with Gasteiger partial charge in [-0.2, -0.15) is 12.6 Å². The predicted molar refractivity (Wildman–Crippen MR) is 84.1 cm³/mol. The zero-order valence-electron chi connectivity index (χ0n) is 10.2. The molecule has 0 saturated heterocycles. The number of thioether (sulfide) groups is 1. The lowest BCUT2D eigenvalue weighted by Crippen LogP contribution is -2.24. The van der Waals surface area contributed by atoms with Gasteiger partial charge in [0.15, 0.2) is 0 Å². The van der Waals surface area contributed by atoms with E-state index in [1.807, 2.05) is 18.2 Å². The minimum atomic E-state index is 0.291. The van der Waals surface area contributed by atoms with Gasteiger partial charge in [-0.3, -0.25) is 0 Å². The van der Waals surface area contributed by atoms with Gasteiger partial charge in [-0.05, 0) is 42.2 Å². The topological polar surface area (TPSA) is 0 Å². The van der Waals surface area contributed by atoms with E-state index >= 15 is 0 Å². The van der Waals surface area contributed by atoms with E-state index in [0.29, 0.717) is 5.41 Å². The standard InChI is InChI=1S/C13H18Cl2S2/c1-3-13(4-2,8-16)9-17-12-7-10(14)5-6-11(12)15/h5-7,16H,3-4,8-9H2,1-2H3. The van der Waals surface area contributed by atoms with Gasteiger partial charge in [0.1, 0.15) is 0 Å². The Balaban J connectivity index is 2.75. The zero-order valence-corrected chi connectivity index (χ0v) is 13.4. The molecule has 0 spiro atoms. The van der Waals surface area contributed by atoms with E-state index in [1.54, 1.807) is 11.8 Å². The summed E-state index contributed by atoms with van der Waals surface area (Å²) >= 11 is 18.4. The number of hydrogen-bond donors (Lipinski definition) is 1. The molecule has 4 heteroatoms. The van der Waals surface area contributed by atoms with E-state index in [0.717, 1.165) is 39.3 Å². The summed E-state index contributed by atoms with van der Waals surface area (Å²) in [5, 5.41) is 1.51. The Hall–Kier alpha value is 0.500. The summed E-state index contributed by atoms with van der Waals surface area (Å²) in [5.41, 5.74) is 0.291. The van der Waals surface area contributed by atoms with Crippen LogP contribution in [0.25, 0.3) is 0 Å². The highest BCUT2D eigenvalue weighted by molar-refractivity contribution is 7.99. The zero-order chi connectivity index (χ0) is 12.9. The van der Waals surface area contributed by atoms with Gasteiger partial charge in [-0.25, -0.2) is 0 Å². The first-order valence-corrected chi connectivity index (χ1v) is 8.13. The molecule has 0 aromatic heterocycles. The summed E-state index contributed by atoms with van der Waals surface area (Å²) in [5.74, 6) is 1.94. The Morgan fingerprint density at radius 3 is 2.41 bits per heavy atom. The molecule has 0 nitrogen and oxygen atoms in total. The third-order valence-electron chi connectivity index (χ3n) is 3.26. The second-order valence-electron chi connectivity index (χ2n) is 4.23. The first-order chi connectivity index (χ1) is 8.06. The molecular formula is C13H18Cl2S2. The van der Waals surface area contributed by atoms with Crippen LogP contribution < -0.4 is 0 Å². The second-order valence-corrected chi connectivity index (χ2v) is 6.41. The fraction of sp³-hybridized carbons (Fsp3) is 0.538. The predicted octanol–water partition coefficient (Wildman–Crippen LogP) is 5.82. The molecule has 0 atom stereocenters. The summed E-state index contributed by atoms with van der Waals surface area (Å²) in [4.78, 5) is 1.06. The molecule has 1 aromatic carbocycles. The lowest BCUT2D eigenvalue weighted by molar-refractivity contribution is 0.357. The van der Waals surface area contributed by atoms with Crippen LogP contribution in [0.1, 0.15) is 26.7 Å². The highest BCUT2D eigenvalue weighted by atomic mass is 35.5. The fourth-order valence-electron chi connectivity index (χ4n) is 1.54. The molecule has 0 unspecified atom stereocenters. The Bertz CT molecular complexity index is 354. The maximum absolute atomic E-state index is 6.16. The van der Waals surface area contributed by atoms with Crippen LogP contribution in [0, 0.1) is 5.41 Å². The van der Waals surface area contributed by atoms with Crippen LogP contribution in [0.5, 0.6) is 0 Å². The van der Waals surface area contributed by atoms with E-state index in [1.165, 1.54) is 0 Å². The number of rotatable bonds is 6. The SMILES string of the molecule is CCC(CC)(CS)CSc1cc(Cl)ccc1Cl. The van der Waals surface area contributed by atoms with Crippen LogP contribution in [0.3, 0.4) is 0 Å². The van der Waals surface area contributed by atoms with Gasteiger partial charge >= 0.3 is 0 Å². The summed E-state index contributed by atoms with van der Waals surface area (Å²) in [6.45, 7) is 4.44. The van der Waals surface area contributed by atoms with Crippen LogP contribution in [-0.2, 0) is 0 Å². The van der Waals surface area contributed by atoms with E-state index in [-0.39, 0.29) is 0 Å². The van der Waals surface area contributed by atoms with Gasteiger partial charge in [0.05, 0.1) is 5.02 Å². The van der Waals surface area contributed by atoms with Gasteiger partial charge in [-0.1, -0.05) is 37.0 Å². The largest absolute Gasteiger partial charge is 0.179 e. The summed E-state index contributed by atoms with van der Waals surface area (Å²) < 4.78 is 0. The maximum Gasteiger partial charge on any atom is 0.0542 e. The first-order valence-electron chi connectivity index (χ1n) is 5.75. The van der Waals surface area contributed by atoms with Gasteiger partial charge in [0, 0.05) is 15.7 Å². The number of hydrogen-bond acceptors (Lipinski definition) is 2. The third kappa shape index (κ3) is 4.27. The average molecular weight is 309 g/mol. The quantitative estimate of drug-likeness (QED) is 0.510. The second kappa shape index (κ2) is 7.18. The van der Waals surface area contributed by atoms with Crippen LogP contribution >= 0.6 is 47.6 Å². The van der Waals surface area contributed by atoms with E-state index in [9.17, 15) is 0 Å². The van der Waals surface area contributed by atoms with Crippen LogP contribution in [0.15, 0.2) is 23.1 Å². The van der Waals surface area contributed by atoms with Crippen molar-refractivity contribution < 1.29 is 0 Å². The average Bonchev–Trinajstić information content (AvgIpc) is 2.35. The molecule has 0 heterocycles. The van der Waals surface area contributed by atoms with Gasteiger partial charge < -0.3 is 0 Å². The molecule has 0 amide bonds. The van der Waals surface area contributed by atoms with Crippen molar-refractivity contribution in [2.24, 2.45) is 5.41 Å². The Morgan fingerprint density at radius 2 is 1.88 bits per heavy atom. The van der Waals surface area contributed by atoms with Crippen molar-refractivity contribution in [3.63, 3.8) is 0 Å². The minimum absolute atomic E-state index is 0.291. The molecule has 0 aliphatic carbocycles. The van der Waals surface area contributed by atoms with Crippen molar-refractivity contribution in [2.75, 3.05) is 11.5 Å². The molecular weight excluding hydrogens is 291 g/mol. The van der Waals surface area contributed by atoms with E-state index in [4.69, 9.17) is 23.2 Å². The molecule has 0 N–H and O–H groups in total. The third-order valence-corrected chi connectivity index (χ3v) is 6.02. The molecule has 0 saturated carbocycles. The smallest absolute Gasteiger partial charge is 0.0542 e. The molecule has 0 aliphatic rings. The van der Waals surface area contributed by atoms with Crippen molar-refractivity contribution >= 4 is 47.6 Å². The molecule has 0 aliphatic heterocycles.